The van der Waals surface area contributed by atoms with E-state index in [9.17, 15) is 23.6 Å². The van der Waals surface area contributed by atoms with E-state index in [2.05, 4.69) is 5.32 Å². The fourth-order valence-corrected chi connectivity index (χ4v) is 4.68. The predicted octanol–water partition coefficient (Wildman–Crippen LogP) is 1.23. The first-order chi connectivity index (χ1) is 14.5. The summed E-state index contributed by atoms with van der Waals surface area (Å²) in [6.07, 6.45) is 3.27. The molecule has 1 N–H and O–H groups in total. The van der Waals surface area contributed by atoms with Crippen LogP contribution in [0.1, 0.15) is 52.8 Å². The molecule has 1 aromatic carbocycles. The van der Waals surface area contributed by atoms with E-state index in [1.54, 1.807) is 4.90 Å². The van der Waals surface area contributed by atoms with Gasteiger partial charge in [-0.2, -0.15) is 0 Å². The zero-order chi connectivity index (χ0) is 21.0. The minimum Gasteiger partial charge on any atom is -0.376 e. The van der Waals surface area contributed by atoms with Crippen LogP contribution in [0.15, 0.2) is 12.1 Å². The third-order valence-electron chi connectivity index (χ3n) is 6.37. The Kier molecular flexibility index (Phi) is 4.57. The largest absolute Gasteiger partial charge is 0.376 e. The van der Waals surface area contributed by atoms with Gasteiger partial charge in [0, 0.05) is 19.5 Å². The molecule has 5 rings (SSSR count). The zero-order valence-electron chi connectivity index (χ0n) is 16.4. The molecular formula is C21H22FN3O5. The predicted molar refractivity (Wildman–Crippen MR) is 102 cm³/mol. The lowest BCUT2D eigenvalue weighted by molar-refractivity contribution is -0.136. The lowest BCUT2D eigenvalue weighted by atomic mass is 10.0. The summed E-state index contributed by atoms with van der Waals surface area (Å²) in [5, 5.41) is 2.17. The monoisotopic (exact) mass is 415 g/mol. The molecule has 1 aliphatic carbocycles. The van der Waals surface area contributed by atoms with Gasteiger partial charge >= 0.3 is 0 Å². The molecule has 8 nitrogen and oxygen atoms in total. The van der Waals surface area contributed by atoms with Gasteiger partial charge in [0.2, 0.25) is 11.8 Å². The van der Waals surface area contributed by atoms with E-state index in [0.717, 1.165) is 24.2 Å². The lowest BCUT2D eigenvalue weighted by Gasteiger charge is -2.28. The normalized spacial score (nSPS) is 27.2. The first-order valence-electron chi connectivity index (χ1n) is 10.4. The molecule has 0 spiro atoms. The Bertz CT molecular complexity index is 960. The van der Waals surface area contributed by atoms with Gasteiger partial charge in [0.15, 0.2) is 0 Å². The Labute approximate surface area is 172 Å². The number of hydrogen-bond donors (Lipinski definition) is 1. The van der Waals surface area contributed by atoms with Crippen LogP contribution in [-0.4, -0.2) is 60.4 Å². The molecule has 158 valence electrons. The number of rotatable bonds is 3. The number of nitrogens with one attached hydrogen (secondary N) is 1. The van der Waals surface area contributed by atoms with E-state index in [-0.39, 0.29) is 35.8 Å². The molecule has 1 saturated carbocycles. The number of anilines is 1. The molecule has 0 bridgehead atoms. The number of nitrogens with zero attached hydrogens (tertiary/aromatic N) is 2. The average Bonchev–Trinajstić information content (AvgIpc) is 3.53. The molecule has 3 aliphatic heterocycles. The van der Waals surface area contributed by atoms with Crippen LogP contribution in [0.4, 0.5) is 10.1 Å². The molecule has 4 amide bonds. The molecule has 2 saturated heterocycles. The third-order valence-corrected chi connectivity index (χ3v) is 6.37. The van der Waals surface area contributed by atoms with Crippen LogP contribution < -0.4 is 10.2 Å². The fourth-order valence-electron chi connectivity index (χ4n) is 4.68. The maximum atomic E-state index is 14.9. The second-order valence-electron chi connectivity index (χ2n) is 8.29. The smallest absolute Gasteiger partial charge is 0.264 e. The summed E-state index contributed by atoms with van der Waals surface area (Å²) in [7, 11) is 0. The first kappa shape index (κ1) is 19.2. The second kappa shape index (κ2) is 7.16. The van der Waals surface area contributed by atoms with Crippen LogP contribution in [0.5, 0.6) is 0 Å². The summed E-state index contributed by atoms with van der Waals surface area (Å²) in [5.74, 6) is -2.46. The van der Waals surface area contributed by atoms with Crippen LogP contribution in [-0.2, 0) is 14.3 Å². The zero-order valence-corrected chi connectivity index (χ0v) is 16.4. The van der Waals surface area contributed by atoms with Gasteiger partial charge < -0.3 is 9.64 Å². The number of carbonyl (C=O) groups is 4. The van der Waals surface area contributed by atoms with Crippen LogP contribution >= 0.6 is 0 Å². The van der Waals surface area contributed by atoms with Crippen molar-refractivity contribution in [2.24, 2.45) is 5.92 Å². The quantitative estimate of drug-likeness (QED) is 0.746. The molecule has 2 unspecified atom stereocenters. The lowest BCUT2D eigenvalue weighted by Crippen LogP contribution is -2.54. The Balaban J connectivity index is 1.47. The van der Waals surface area contributed by atoms with Crippen LogP contribution in [0.3, 0.4) is 0 Å². The molecule has 2 atom stereocenters. The van der Waals surface area contributed by atoms with Crippen molar-refractivity contribution in [3.8, 4) is 0 Å². The van der Waals surface area contributed by atoms with Crippen molar-refractivity contribution >= 4 is 29.3 Å². The summed E-state index contributed by atoms with van der Waals surface area (Å²) in [5.41, 5.74) is 0.181. The van der Waals surface area contributed by atoms with Crippen LogP contribution in [0.2, 0.25) is 0 Å². The topological polar surface area (TPSA) is 96.0 Å². The van der Waals surface area contributed by atoms with E-state index in [0.29, 0.717) is 25.6 Å². The van der Waals surface area contributed by atoms with E-state index in [1.165, 1.54) is 12.1 Å². The van der Waals surface area contributed by atoms with Crippen LogP contribution in [0.25, 0.3) is 0 Å². The van der Waals surface area contributed by atoms with Gasteiger partial charge in [0.05, 0.1) is 29.5 Å². The van der Waals surface area contributed by atoms with Crippen molar-refractivity contribution in [2.75, 3.05) is 24.6 Å². The van der Waals surface area contributed by atoms with Gasteiger partial charge in [0.25, 0.3) is 11.8 Å². The number of halogens is 1. The van der Waals surface area contributed by atoms with E-state index < -0.39 is 35.5 Å². The number of hydrogen-bond acceptors (Lipinski definition) is 6. The molecule has 4 aliphatic rings. The molecule has 1 aromatic rings. The van der Waals surface area contributed by atoms with Crippen molar-refractivity contribution in [3.05, 3.63) is 29.1 Å². The molecule has 3 heterocycles. The highest BCUT2D eigenvalue weighted by atomic mass is 19.1. The summed E-state index contributed by atoms with van der Waals surface area (Å²) >= 11 is 0. The maximum absolute atomic E-state index is 14.9. The highest BCUT2D eigenvalue weighted by molar-refractivity contribution is 6.25. The highest BCUT2D eigenvalue weighted by Crippen LogP contribution is 2.39. The fraction of sp³-hybridized carbons (Fsp3) is 0.524. The average molecular weight is 415 g/mol. The van der Waals surface area contributed by atoms with Gasteiger partial charge in [-0.1, -0.05) is 0 Å². The number of carbonyl (C=O) groups excluding carboxylic acids is 4. The standard InChI is InChI=1S/C21H22FN3O5/c22-13-4-3-12-17(18(13)24-8-7-15(11-1-2-11)30-10-9-24)21(29)25(20(12)28)14-5-6-16(26)23-19(14)27/h3-4,11,14-15H,1-2,5-10H2,(H,23,26,27). The molecule has 9 heteroatoms. The summed E-state index contributed by atoms with van der Waals surface area (Å²) in [6, 6.07) is 1.41. The van der Waals surface area contributed by atoms with Crippen molar-refractivity contribution in [1.29, 1.82) is 0 Å². The van der Waals surface area contributed by atoms with Gasteiger partial charge in [0.1, 0.15) is 11.9 Å². The molecule has 3 fully saturated rings. The van der Waals surface area contributed by atoms with Gasteiger partial charge in [-0.25, -0.2) is 4.39 Å². The minimum atomic E-state index is -1.07. The first-order valence-corrected chi connectivity index (χ1v) is 10.4. The SMILES string of the molecule is O=C1CCC(N2C(=O)c3ccc(F)c(N4CCOC(C5CC5)CC4)c3C2=O)C(=O)N1. The molecular weight excluding hydrogens is 393 g/mol. The van der Waals surface area contributed by atoms with Crippen molar-refractivity contribution in [3.63, 3.8) is 0 Å². The van der Waals surface area contributed by atoms with E-state index in [1.807, 2.05) is 0 Å². The van der Waals surface area contributed by atoms with E-state index in [4.69, 9.17) is 4.74 Å². The number of benzene rings is 1. The van der Waals surface area contributed by atoms with Gasteiger partial charge in [-0.05, 0) is 43.7 Å². The highest BCUT2D eigenvalue weighted by Gasteiger charge is 2.47. The molecule has 30 heavy (non-hydrogen) atoms. The number of piperidine rings is 1. The Hall–Kier alpha value is -2.81. The molecule has 0 aromatic heterocycles. The van der Waals surface area contributed by atoms with Crippen molar-refractivity contribution in [1.82, 2.24) is 10.2 Å². The van der Waals surface area contributed by atoms with E-state index >= 15 is 0 Å². The Morgan fingerprint density at radius 3 is 2.53 bits per heavy atom. The third kappa shape index (κ3) is 3.08. The van der Waals surface area contributed by atoms with Crippen molar-refractivity contribution in [2.45, 2.75) is 44.2 Å². The minimum absolute atomic E-state index is 0.00503. The van der Waals surface area contributed by atoms with Crippen molar-refractivity contribution < 1.29 is 28.3 Å². The summed E-state index contributed by atoms with van der Waals surface area (Å²) in [4.78, 5) is 52.6. The number of fused-ring (bicyclic) bond motifs is 1. The number of imide groups is 2. The second-order valence-corrected chi connectivity index (χ2v) is 8.29. The number of ether oxygens (including phenoxy) is 1. The summed E-state index contributed by atoms with van der Waals surface area (Å²) in [6.45, 7) is 1.36. The van der Waals surface area contributed by atoms with Gasteiger partial charge in [-0.3, -0.25) is 29.4 Å². The maximum Gasteiger partial charge on any atom is 0.264 e. The molecule has 0 radical (unpaired) electrons. The summed E-state index contributed by atoms with van der Waals surface area (Å²) < 4.78 is 20.9. The van der Waals surface area contributed by atoms with Crippen LogP contribution in [0, 0.1) is 11.7 Å². The van der Waals surface area contributed by atoms with Gasteiger partial charge in [-0.15, -0.1) is 0 Å². The number of amides is 4. The Morgan fingerprint density at radius 2 is 1.80 bits per heavy atom. The Morgan fingerprint density at radius 1 is 1.00 bits per heavy atom.